The largest absolute Gasteiger partial charge is 0.490 e. The number of esters is 1. The molecule has 0 N–H and O–H groups in total. The van der Waals surface area contributed by atoms with E-state index in [4.69, 9.17) is 18.5 Å². The van der Waals surface area contributed by atoms with Crippen LogP contribution < -0.4 is 0 Å². The molecular formula is C24H45BO5Si. The lowest BCUT2D eigenvalue weighted by Crippen LogP contribution is -2.45. The molecule has 0 aromatic heterocycles. The Labute approximate surface area is 191 Å². The second-order valence-corrected chi connectivity index (χ2v) is 17.5. The van der Waals surface area contributed by atoms with Crippen LogP contribution in [0, 0.1) is 5.92 Å². The predicted octanol–water partition coefficient (Wildman–Crippen LogP) is 6.08. The minimum atomic E-state index is -2.01. The molecule has 0 bridgehead atoms. The lowest BCUT2D eigenvalue weighted by atomic mass is 9.75. The average Bonchev–Trinajstić information content (AvgIpc) is 2.68. The van der Waals surface area contributed by atoms with E-state index in [-0.39, 0.29) is 23.0 Å². The van der Waals surface area contributed by atoms with Gasteiger partial charge in [0, 0.05) is 6.10 Å². The minimum absolute atomic E-state index is 0.0637. The van der Waals surface area contributed by atoms with Gasteiger partial charge in [0.1, 0.15) is 5.60 Å². The molecule has 7 heteroatoms. The molecule has 2 rings (SSSR count). The molecular weight excluding hydrogens is 407 g/mol. The number of allylic oxidation sites excluding steroid dienone is 1. The summed E-state index contributed by atoms with van der Waals surface area (Å²) in [7, 11) is -2.42. The Bertz CT molecular complexity index is 684. The van der Waals surface area contributed by atoms with Gasteiger partial charge < -0.3 is 18.5 Å². The van der Waals surface area contributed by atoms with Gasteiger partial charge in [0.2, 0.25) is 0 Å². The summed E-state index contributed by atoms with van der Waals surface area (Å²) in [5, 5.41) is 0.0922. The molecule has 31 heavy (non-hydrogen) atoms. The molecule has 5 nitrogen and oxygen atoms in total. The molecule has 1 aliphatic carbocycles. The predicted molar refractivity (Wildman–Crippen MR) is 129 cm³/mol. The number of rotatable bonds is 4. The standard InChI is InChI=1S/C24H45BO5Si/c1-21(2,3)27-20(26)17-13-14-18(25-29-23(7,8)24(9,10)30-25)16-19(15-17)28-31(11,12)22(4,5)6/h14,17,19H,13,15-16H2,1-12H3. The first-order valence-electron chi connectivity index (χ1n) is 11.7. The first-order chi connectivity index (χ1) is 13.7. The fourth-order valence-corrected chi connectivity index (χ4v) is 4.95. The molecule has 0 aromatic rings. The summed E-state index contributed by atoms with van der Waals surface area (Å²) in [5.41, 5.74) is -0.221. The van der Waals surface area contributed by atoms with Crippen LogP contribution in [0.5, 0.6) is 0 Å². The van der Waals surface area contributed by atoms with Crippen LogP contribution in [0.1, 0.15) is 88.5 Å². The van der Waals surface area contributed by atoms with Gasteiger partial charge in [0.25, 0.3) is 0 Å². The molecule has 0 aromatic carbocycles. The van der Waals surface area contributed by atoms with Crippen molar-refractivity contribution in [3.63, 3.8) is 0 Å². The number of hydrogen-bond acceptors (Lipinski definition) is 5. The van der Waals surface area contributed by atoms with E-state index in [0.29, 0.717) is 19.3 Å². The first kappa shape index (κ1) is 26.6. The highest BCUT2D eigenvalue weighted by Gasteiger charge is 2.53. The smallest absolute Gasteiger partial charge is 0.460 e. The van der Waals surface area contributed by atoms with Crippen LogP contribution in [0.2, 0.25) is 18.1 Å². The van der Waals surface area contributed by atoms with Gasteiger partial charge in [0.05, 0.1) is 17.1 Å². The SMILES string of the molecule is CC(C)(C)OC(=O)C1CC=C(B2OC(C)(C)C(C)(C)O2)CC(O[Si](C)(C)C(C)(C)C)C1. The maximum atomic E-state index is 13.0. The van der Waals surface area contributed by atoms with Crippen LogP contribution in [0.4, 0.5) is 0 Å². The highest BCUT2D eigenvalue weighted by atomic mass is 28.4. The topological polar surface area (TPSA) is 54.0 Å². The highest BCUT2D eigenvalue weighted by Crippen LogP contribution is 2.43. The summed E-state index contributed by atoms with van der Waals surface area (Å²) in [6.45, 7) is 25.3. The van der Waals surface area contributed by atoms with Crippen molar-refractivity contribution in [3.8, 4) is 0 Å². The van der Waals surface area contributed by atoms with Crippen molar-refractivity contribution < 1.29 is 23.3 Å². The van der Waals surface area contributed by atoms with E-state index in [0.717, 1.165) is 5.47 Å². The van der Waals surface area contributed by atoms with Crippen LogP contribution in [-0.4, -0.2) is 44.3 Å². The molecule has 1 aliphatic heterocycles. The van der Waals surface area contributed by atoms with Crippen LogP contribution in [0.3, 0.4) is 0 Å². The number of ether oxygens (including phenoxy) is 1. The maximum absolute atomic E-state index is 13.0. The fraction of sp³-hybridized carbons (Fsp3) is 0.875. The van der Waals surface area contributed by atoms with Crippen LogP contribution in [0.15, 0.2) is 11.5 Å². The lowest BCUT2D eigenvalue weighted by Gasteiger charge is -2.40. The third-order valence-electron chi connectivity index (χ3n) is 7.24. The van der Waals surface area contributed by atoms with Crippen molar-refractivity contribution in [3.05, 3.63) is 11.5 Å². The first-order valence-corrected chi connectivity index (χ1v) is 14.6. The molecule has 1 saturated heterocycles. The summed E-state index contributed by atoms with van der Waals surface area (Å²) in [6.07, 6.45) is 4.05. The Morgan fingerprint density at radius 3 is 2.03 bits per heavy atom. The van der Waals surface area contributed by atoms with Gasteiger partial charge in [-0.05, 0) is 91.3 Å². The van der Waals surface area contributed by atoms with Crippen molar-refractivity contribution in [1.82, 2.24) is 0 Å². The minimum Gasteiger partial charge on any atom is -0.460 e. The molecule has 1 fully saturated rings. The molecule has 0 amide bonds. The number of carbonyl (C=O) groups excluding carboxylic acids is 1. The number of hydrogen-bond donors (Lipinski definition) is 0. The molecule has 2 aliphatic rings. The summed E-state index contributed by atoms with van der Waals surface area (Å²) >= 11 is 0. The van der Waals surface area contributed by atoms with Crippen molar-refractivity contribution in [2.24, 2.45) is 5.92 Å². The van der Waals surface area contributed by atoms with E-state index in [1.165, 1.54) is 0 Å². The van der Waals surface area contributed by atoms with Gasteiger partial charge in [-0.1, -0.05) is 26.8 Å². The zero-order valence-corrected chi connectivity index (χ0v) is 23.0. The second kappa shape index (κ2) is 8.62. The highest BCUT2D eigenvalue weighted by molar-refractivity contribution is 6.74. The van der Waals surface area contributed by atoms with E-state index in [1.54, 1.807) is 0 Å². The van der Waals surface area contributed by atoms with Crippen molar-refractivity contribution in [1.29, 1.82) is 0 Å². The zero-order valence-electron chi connectivity index (χ0n) is 22.0. The Hall–Kier alpha value is -0.628. The Morgan fingerprint density at radius 2 is 1.58 bits per heavy atom. The molecule has 2 atom stereocenters. The van der Waals surface area contributed by atoms with Crippen LogP contribution in [0.25, 0.3) is 0 Å². The quantitative estimate of drug-likeness (QED) is 0.382. The van der Waals surface area contributed by atoms with Crippen LogP contribution >= 0.6 is 0 Å². The molecule has 0 radical (unpaired) electrons. The van der Waals surface area contributed by atoms with Gasteiger partial charge in [-0.3, -0.25) is 4.79 Å². The lowest BCUT2D eigenvalue weighted by molar-refractivity contribution is -0.160. The summed E-state index contributed by atoms with van der Waals surface area (Å²) < 4.78 is 25.2. The van der Waals surface area contributed by atoms with Crippen molar-refractivity contribution >= 4 is 21.4 Å². The van der Waals surface area contributed by atoms with Gasteiger partial charge in [-0.25, -0.2) is 0 Å². The van der Waals surface area contributed by atoms with Gasteiger partial charge >= 0.3 is 13.1 Å². The Balaban J connectivity index is 2.30. The monoisotopic (exact) mass is 452 g/mol. The molecule has 178 valence electrons. The van der Waals surface area contributed by atoms with E-state index < -0.39 is 32.2 Å². The zero-order chi connectivity index (χ0) is 24.0. The van der Waals surface area contributed by atoms with E-state index >= 15 is 0 Å². The molecule has 1 heterocycles. The third kappa shape index (κ3) is 6.46. The Morgan fingerprint density at radius 1 is 1.06 bits per heavy atom. The van der Waals surface area contributed by atoms with Crippen molar-refractivity contribution in [2.45, 2.75) is 130 Å². The van der Waals surface area contributed by atoms with Crippen LogP contribution in [-0.2, 0) is 23.3 Å². The van der Waals surface area contributed by atoms with Gasteiger partial charge in [-0.2, -0.15) is 0 Å². The van der Waals surface area contributed by atoms with Gasteiger partial charge in [0.15, 0.2) is 8.32 Å². The van der Waals surface area contributed by atoms with E-state index in [9.17, 15) is 4.79 Å². The summed E-state index contributed by atoms with van der Waals surface area (Å²) in [6, 6.07) is 0. The normalized spacial score (nSPS) is 27.0. The second-order valence-electron chi connectivity index (χ2n) is 12.8. The average molecular weight is 453 g/mol. The van der Waals surface area contributed by atoms with Gasteiger partial charge in [-0.15, -0.1) is 0 Å². The number of carbonyl (C=O) groups is 1. The summed E-state index contributed by atoms with van der Waals surface area (Å²) in [4.78, 5) is 13.0. The molecule has 0 saturated carbocycles. The molecule has 2 unspecified atom stereocenters. The van der Waals surface area contributed by atoms with E-state index in [2.05, 4.69) is 67.6 Å². The Kier molecular flexibility index (Phi) is 7.40. The summed E-state index contributed by atoms with van der Waals surface area (Å²) in [5.74, 6) is -0.378. The van der Waals surface area contributed by atoms with Crippen molar-refractivity contribution in [2.75, 3.05) is 0 Å². The molecule has 0 spiro atoms. The third-order valence-corrected chi connectivity index (χ3v) is 11.8. The fourth-order valence-electron chi connectivity index (χ4n) is 3.58. The van der Waals surface area contributed by atoms with E-state index in [1.807, 2.05) is 20.8 Å². The maximum Gasteiger partial charge on any atom is 0.490 e.